The molecule has 0 bridgehead atoms. The van der Waals surface area contributed by atoms with Gasteiger partial charge in [-0.15, -0.1) is 0 Å². The van der Waals surface area contributed by atoms with Crippen LogP contribution < -0.4 is 4.74 Å². The fraction of sp³-hybridized carbons (Fsp3) is 0.217. The summed E-state index contributed by atoms with van der Waals surface area (Å²) in [6.07, 6.45) is 4.51. The molecule has 1 N–H and O–H groups in total. The number of aromatic nitrogens is 4. The molecule has 1 saturated carbocycles. The van der Waals surface area contributed by atoms with E-state index in [1.165, 1.54) is 6.07 Å². The molecular formula is C23H17Cl2FN4O2. The predicted molar refractivity (Wildman–Crippen MR) is 120 cm³/mol. The highest BCUT2D eigenvalue weighted by molar-refractivity contribution is 6.42. The van der Waals surface area contributed by atoms with Crippen molar-refractivity contribution in [1.82, 2.24) is 19.9 Å². The summed E-state index contributed by atoms with van der Waals surface area (Å²) < 4.78 is 20.6. The van der Waals surface area contributed by atoms with Gasteiger partial charge in [-0.1, -0.05) is 29.3 Å². The molecule has 32 heavy (non-hydrogen) atoms. The molecule has 0 saturated heterocycles. The highest BCUT2D eigenvalue weighted by atomic mass is 35.5. The van der Waals surface area contributed by atoms with Crippen molar-refractivity contribution in [1.29, 1.82) is 0 Å². The van der Waals surface area contributed by atoms with Gasteiger partial charge < -0.3 is 9.72 Å². The van der Waals surface area contributed by atoms with E-state index in [-0.39, 0.29) is 23.8 Å². The van der Waals surface area contributed by atoms with Crippen molar-refractivity contribution >= 4 is 40.0 Å². The zero-order valence-corrected chi connectivity index (χ0v) is 18.4. The molecule has 0 spiro atoms. The van der Waals surface area contributed by atoms with Crippen molar-refractivity contribution in [3.8, 4) is 28.5 Å². The molecule has 6 nitrogen and oxygen atoms in total. The number of fused-ring (bicyclic) bond motifs is 1. The first-order valence-corrected chi connectivity index (χ1v) is 10.8. The van der Waals surface area contributed by atoms with E-state index in [2.05, 4.69) is 19.9 Å². The van der Waals surface area contributed by atoms with Crippen LogP contribution in [0.25, 0.3) is 33.5 Å². The van der Waals surface area contributed by atoms with Gasteiger partial charge in [-0.3, -0.25) is 4.79 Å². The monoisotopic (exact) mass is 470 g/mol. The summed E-state index contributed by atoms with van der Waals surface area (Å²) in [6, 6.07) is 8.37. The minimum atomic E-state index is -0.441. The van der Waals surface area contributed by atoms with Gasteiger partial charge >= 0.3 is 6.01 Å². The Labute approximate surface area is 192 Å². The van der Waals surface area contributed by atoms with E-state index < -0.39 is 5.82 Å². The van der Waals surface area contributed by atoms with E-state index in [0.717, 1.165) is 0 Å². The van der Waals surface area contributed by atoms with Crippen LogP contribution in [-0.4, -0.2) is 31.8 Å². The van der Waals surface area contributed by atoms with Crippen LogP contribution >= 0.6 is 23.2 Å². The summed E-state index contributed by atoms with van der Waals surface area (Å²) in [5, 5.41) is 0.782. The fourth-order valence-electron chi connectivity index (χ4n) is 3.69. The average Bonchev–Trinajstić information content (AvgIpc) is 3.13. The second-order valence-corrected chi connectivity index (χ2v) is 8.65. The Balaban J connectivity index is 1.34. The number of rotatable bonds is 5. The Bertz CT molecular complexity index is 1300. The number of ketones is 1. The maximum atomic E-state index is 14.9. The molecule has 1 aliphatic rings. The number of hydrogen-bond donors (Lipinski definition) is 1. The normalized spacial score (nSPS) is 17.9. The number of carbonyl (C=O) groups is 1. The van der Waals surface area contributed by atoms with Gasteiger partial charge in [0.1, 0.15) is 23.5 Å². The minimum absolute atomic E-state index is 0.0416. The Morgan fingerprint density at radius 2 is 1.81 bits per heavy atom. The molecule has 0 radical (unpaired) electrons. The van der Waals surface area contributed by atoms with E-state index in [1.807, 2.05) is 0 Å². The number of H-pyrrole nitrogens is 1. The van der Waals surface area contributed by atoms with Gasteiger partial charge in [0.2, 0.25) is 0 Å². The van der Waals surface area contributed by atoms with E-state index >= 15 is 0 Å². The van der Waals surface area contributed by atoms with Crippen molar-refractivity contribution in [3.63, 3.8) is 0 Å². The Kier molecular flexibility index (Phi) is 5.31. The number of hydrogen-bond acceptors (Lipinski definition) is 5. The molecule has 9 heteroatoms. The summed E-state index contributed by atoms with van der Waals surface area (Å²) >= 11 is 12.1. The summed E-state index contributed by atoms with van der Waals surface area (Å²) in [4.78, 5) is 27.2. The highest BCUT2D eigenvalue weighted by Gasteiger charge is 2.34. The van der Waals surface area contributed by atoms with Gasteiger partial charge in [-0.05, 0) is 49.6 Å². The topological polar surface area (TPSA) is 80.8 Å². The third-order valence-electron chi connectivity index (χ3n) is 5.65. The van der Waals surface area contributed by atoms with Gasteiger partial charge in [0, 0.05) is 23.9 Å². The third kappa shape index (κ3) is 3.94. The average molecular weight is 471 g/mol. The third-order valence-corrected chi connectivity index (χ3v) is 6.37. The molecule has 5 rings (SSSR count). The van der Waals surface area contributed by atoms with Crippen LogP contribution in [0, 0.1) is 11.7 Å². The Morgan fingerprint density at radius 3 is 2.50 bits per heavy atom. The van der Waals surface area contributed by atoms with E-state index in [1.54, 1.807) is 43.6 Å². The Morgan fingerprint density at radius 1 is 1.09 bits per heavy atom. The number of benzene rings is 2. The van der Waals surface area contributed by atoms with Crippen LogP contribution in [0.1, 0.15) is 19.8 Å². The molecule has 1 fully saturated rings. The van der Waals surface area contributed by atoms with Crippen molar-refractivity contribution in [3.05, 3.63) is 58.6 Å². The minimum Gasteiger partial charge on any atom is -0.460 e. The fourth-order valence-corrected chi connectivity index (χ4v) is 4.01. The van der Waals surface area contributed by atoms with Crippen molar-refractivity contribution in [2.45, 2.75) is 25.9 Å². The quantitative estimate of drug-likeness (QED) is 0.393. The molecule has 4 aromatic rings. The maximum absolute atomic E-state index is 14.9. The Hall–Kier alpha value is -3.03. The van der Waals surface area contributed by atoms with Crippen LogP contribution in [-0.2, 0) is 4.79 Å². The number of ether oxygens (including phenoxy) is 1. The first kappa shape index (κ1) is 20.8. The van der Waals surface area contributed by atoms with Crippen molar-refractivity contribution in [2.24, 2.45) is 5.92 Å². The number of nitrogens with zero attached hydrogens (tertiary/aromatic N) is 3. The van der Waals surface area contributed by atoms with E-state index in [9.17, 15) is 9.18 Å². The summed E-state index contributed by atoms with van der Waals surface area (Å²) in [5.41, 5.74) is 2.87. The number of imidazole rings is 1. The van der Waals surface area contributed by atoms with E-state index in [0.29, 0.717) is 56.4 Å². The van der Waals surface area contributed by atoms with Crippen LogP contribution in [0.2, 0.25) is 10.0 Å². The lowest BCUT2D eigenvalue weighted by Crippen LogP contribution is -2.37. The lowest BCUT2D eigenvalue weighted by molar-refractivity contribution is -0.126. The second-order valence-electron chi connectivity index (χ2n) is 7.84. The number of Topliss-reactive ketones (excluding diaryl/α,β-unsaturated/α-hetero) is 1. The highest BCUT2D eigenvalue weighted by Crippen LogP contribution is 2.32. The zero-order chi connectivity index (χ0) is 22.4. The molecule has 0 atom stereocenters. The van der Waals surface area contributed by atoms with Gasteiger partial charge in [0.25, 0.3) is 0 Å². The first-order chi connectivity index (χ1) is 15.4. The summed E-state index contributed by atoms with van der Waals surface area (Å²) in [7, 11) is 0. The predicted octanol–water partition coefficient (Wildman–Crippen LogP) is 5.88. The molecule has 2 heterocycles. The van der Waals surface area contributed by atoms with Gasteiger partial charge in [-0.25, -0.2) is 19.3 Å². The van der Waals surface area contributed by atoms with Gasteiger partial charge in [0.05, 0.1) is 26.6 Å². The van der Waals surface area contributed by atoms with Crippen LogP contribution in [0.3, 0.4) is 0 Å². The second kappa shape index (κ2) is 8.15. The van der Waals surface area contributed by atoms with Crippen molar-refractivity contribution < 1.29 is 13.9 Å². The lowest BCUT2D eigenvalue weighted by atomic mass is 9.80. The van der Waals surface area contributed by atoms with Crippen molar-refractivity contribution in [2.75, 3.05) is 0 Å². The summed E-state index contributed by atoms with van der Waals surface area (Å²) in [6.45, 7) is 1.59. The number of carbonyl (C=O) groups excluding carboxylic acids is 1. The number of halogens is 3. The van der Waals surface area contributed by atoms with Crippen LogP contribution in [0.5, 0.6) is 6.01 Å². The number of nitrogens with one attached hydrogen (secondary N) is 1. The lowest BCUT2D eigenvalue weighted by Gasteiger charge is -2.32. The smallest absolute Gasteiger partial charge is 0.316 e. The van der Waals surface area contributed by atoms with Crippen LogP contribution in [0.15, 0.2) is 42.7 Å². The zero-order valence-electron chi connectivity index (χ0n) is 16.9. The molecule has 162 valence electrons. The van der Waals surface area contributed by atoms with E-state index in [4.69, 9.17) is 27.9 Å². The first-order valence-electron chi connectivity index (χ1n) is 10.0. The van der Waals surface area contributed by atoms with Gasteiger partial charge in [0.15, 0.2) is 0 Å². The molecule has 1 aliphatic carbocycles. The molecule has 0 aliphatic heterocycles. The van der Waals surface area contributed by atoms with Crippen LogP contribution in [0.4, 0.5) is 4.39 Å². The number of aromatic amines is 1. The SMILES string of the molecule is CC(=O)C1CC(Oc2ncc(-c3ccc(-c4nc5cc(Cl)c(Cl)cc5[nH]4)c(F)c3)cn2)C1. The molecule has 0 amide bonds. The molecule has 2 aromatic heterocycles. The molecule has 0 unspecified atom stereocenters. The summed E-state index contributed by atoms with van der Waals surface area (Å²) in [5.74, 6) is 0.193. The van der Waals surface area contributed by atoms with Gasteiger partial charge in [-0.2, -0.15) is 0 Å². The molecule has 2 aromatic carbocycles. The largest absolute Gasteiger partial charge is 0.460 e. The maximum Gasteiger partial charge on any atom is 0.316 e. The standard InChI is InChI=1S/C23H17Cl2FN4O2/c1-11(31)13-4-15(5-13)32-23-27-9-14(10-28-23)12-2-3-16(19(26)6-12)22-29-20-7-17(24)18(25)8-21(20)30-22/h2-3,6-10,13,15H,4-5H2,1H3,(H,29,30). The molecular weight excluding hydrogens is 454 g/mol.